The second-order valence-corrected chi connectivity index (χ2v) is 6.23. The third kappa shape index (κ3) is 4.43. The highest BCUT2D eigenvalue weighted by Gasteiger charge is 2.39. The molecule has 0 aliphatic carbocycles. The minimum Gasteiger partial charge on any atom is -0.332 e. The maximum absolute atomic E-state index is 12.1. The Morgan fingerprint density at radius 2 is 1.76 bits per heavy atom. The van der Waals surface area contributed by atoms with Crippen molar-refractivity contribution < 1.29 is 9.59 Å². The monoisotopic (exact) mass is 295 g/mol. The van der Waals surface area contributed by atoms with Gasteiger partial charge in [-0.05, 0) is 6.42 Å². The average molecular weight is 295 g/mol. The third-order valence-electron chi connectivity index (χ3n) is 4.54. The quantitative estimate of drug-likeness (QED) is 0.544. The molecule has 120 valence electrons. The minimum atomic E-state index is -0.296. The summed E-state index contributed by atoms with van der Waals surface area (Å²) in [6, 6.07) is 0.175. The van der Waals surface area contributed by atoms with Crippen molar-refractivity contribution in [1.29, 1.82) is 0 Å². The molecule has 2 heterocycles. The van der Waals surface area contributed by atoms with Crippen LogP contribution in [0.1, 0.15) is 51.9 Å². The molecule has 21 heavy (non-hydrogen) atoms. The number of nitrogens with zero attached hydrogens (tertiary/aromatic N) is 2. The smallest absolute Gasteiger partial charge is 0.312 e. The van der Waals surface area contributed by atoms with Crippen molar-refractivity contribution in [3.8, 4) is 0 Å². The summed E-state index contributed by atoms with van der Waals surface area (Å²) in [6.07, 6.45) is 8.63. The zero-order valence-electron chi connectivity index (χ0n) is 13.3. The van der Waals surface area contributed by atoms with Crippen LogP contribution in [0.3, 0.4) is 0 Å². The van der Waals surface area contributed by atoms with E-state index in [9.17, 15) is 9.59 Å². The number of nitrogens with one attached hydrogen (secondary N) is 1. The molecule has 0 spiro atoms. The van der Waals surface area contributed by atoms with E-state index < -0.39 is 0 Å². The summed E-state index contributed by atoms with van der Waals surface area (Å²) in [7, 11) is 0. The van der Waals surface area contributed by atoms with Crippen molar-refractivity contribution in [3.63, 3.8) is 0 Å². The lowest BCUT2D eigenvalue weighted by molar-refractivity contribution is -0.159. The summed E-state index contributed by atoms with van der Waals surface area (Å²) in [6.45, 7) is 5.94. The van der Waals surface area contributed by atoms with Crippen LogP contribution in [0.2, 0.25) is 0 Å². The van der Waals surface area contributed by atoms with Crippen molar-refractivity contribution in [1.82, 2.24) is 15.1 Å². The van der Waals surface area contributed by atoms with E-state index in [1.54, 1.807) is 9.80 Å². The molecule has 2 amide bonds. The number of unbranched alkanes of at least 4 members (excludes halogenated alkanes) is 6. The molecule has 1 N–H and O–H groups in total. The van der Waals surface area contributed by atoms with Gasteiger partial charge in [-0.15, -0.1) is 0 Å². The fourth-order valence-electron chi connectivity index (χ4n) is 3.24. The van der Waals surface area contributed by atoms with Gasteiger partial charge in [-0.25, -0.2) is 0 Å². The van der Waals surface area contributed by atoms with Gasteiger partial charge in [-0.1, -0.05) is 45.4 Å². The van der Waals surface area contributed by atoms with E-state index in [1.165, 1.54) is 32.1 Å². The van der Waals surface area contributed by atoms with Crippen LogP contribution in [-0.2, 0) is 9.59 Å². The number of hydrogen-bond acceptors (Lipinski definition) is 3. The van der Waals surface area contributed by atoms with Crippen LogP contribution in [0.5, 0.6) is 0 Å². The van der Waals surface area contributed by atoms with Crippen molar-refractivity contribution >= 4 is 11.8 Å². The molecule has 2 aliphatic heterocycles. The minimum absolute atomic E-state index is 0.175. The van der Waals surface area contributed by atoms with Crippen LogP contribution in [0, 0.1) is 0 Å². The summed E-state index contributed by atoms with van der Waals surface area (Å²) >= 11 is 0. The fourth-order valence-corrected chi connectivity index (χ4v) is 3.24. The summed E-state index contributed by atoms with van der Waals surface area (Å²) in [5.41, 5.74) is 0. The Morgan fingerprint density at radius 1 is 1.05 bits per heavy atom. The topological polar surface area (TPSA) is 52.6 Å². The van der Waals surface area contributed by atoms with Gasteiger partial charge in [0, 0.05) is 32.7 Å². The summed E-state index contributed by atoms with van der Waals surface area (Å²) in [5.74, 6) is -0.588. The molecule has 2 fully saturated rings. The maximum Gasteiger partial charge on any atom is 0.312 e. The predicted octanol–water partition coefficient (Wildman–Crippen LogP) is 1.38. The number of amides is 2. The van der Waals surface area contributed by atoms with Crippen molar-refractivity contribution in [2.75, 3.05) is 32.7 Å². The molecule has 2 rings (SSSR count). The SMILES string of the molecule is CCCCCCCCCN1CC2CNCCN2C(=O)C1=O. The predicted molar refractivity (Wildman–Crippen MR) is 82.9 cm³/mol. The Hall–Kier alpha value is -1.10. The van der Waals surface area contributed by atoms with E-state index in [4.69, 9.17) is 0 Å². The molecule has 0 saturated carbocycles. The fraction of sp³-hybridized carbons (Fsp3) is 0.875. The molecular formula is C16H29N3O2. The molecule has 0 aromatic rings. The Labute approximate surface area is 128 Å². The number of rotatable bonds is 8. The zero-order valence-corrected chi connectivity index (χ0v) is 13.3. The first-order valence-corrected chi connectivity index (χ1v) is 8.54. The second-order valence-electron chi connectivity index (χ2n) is 6.23. The van der Waals surface area contributed by atoms with Gasteiger partial charge in [0.1, 0.15) is 0 Å². The van der Waals surface area contributed by atoms with Gasteiger partial charge in [-0.3, -0.25) is 9.59 Å². The van der Waals surface area contributed by atoms with Gasteiger partial charge < -0.3 is 15.1 Å². The largest absolute Gasteiger partial charge is 0.332 e. The van der Waals surface area contributed by atoms with Gasteiger partial charge in [0.15, 0.2) is 0 Å². The number of piperazine rings is 2. The second kappa shape index (κ2) is 8.37. The van der Waals surface area contributed by atoms with Gasteiger partial charge in [0.2, 0.25) is 0 Å². The molecule has 0 bridgehead atoms. The Morgan fingerprint density at radius 3 is 2.52 bits per heavy atom. The molecule has 5 nitrogen and oxygen atoms in total. The van der Waals surface area contributed by atoms with Crippen LogP contribution in [0.25, 0.3) is 0 Å². The molecule has 5 heteroatoms. The molecule has 1 unspecified atom stereocenters. The average Bonchev–Trinajstić information content (AvgIpc) is 2.51. The van der Waals surface area contributed by atoms with E-state index in [1.807, 2.05) is 0 Å². The van der Waals surface area contributed by atoms with Gasteiger partial charge in [0.05, 0.1) is 6.04 Å². The Kier molecular flexibility index (Phi) is 6.49. The normalized spacial score (nSPS) is 22.6. The highest BCUT2D eigenvalue weighted by molar-refractivity contribution is 6.35. The lowest BCUT2D eigenvalue weighted by Gasteiger charge is -2.43. The summed E-state index contributed by atoms with van der Waals surface area (Å²) in [5, 5.41) is 3.30. The molecule has 1 atom stereocenters. The number of carbonyl (C=O) groups is 2. The lowest BCUT2D eigenvalue weighted by Crippen LogP contribution is -2.65. The van der Waals surface area contributed by atoms with E-state index in [0.717, 1.165) is 32.5 Å². The van der Waals surface area contributed by atoms with Crippen LogP contribution in [-0.4, -0.2) is 60.4 Å². The van der Waals surface area contributed by atoms with Crippen LogP contribution >= 0.6 is 0 Å². The van der Waals surface area contributed by atoms with Gasteiger partial charge in [-0.2, -0.15) is 0 Å². The standard InChI is InChI=1S/C16H29N3O2/c1-2-3-4-5-6-7-8-10-18-13-14-12-17-9-11-19(14)16(21)15(18)20/h14,17H,2-13H2,1H3. The number of fused-ring (bicyclic) bond motifs is 1. The Balaban J connectivity index is 1.68. The number of hydrogen-bond donors (Lipinski definition) is 1. The van der Waals surface area contributed by atoms with E-state index in [-0.39, 0.29) is 17.9 Å². The number of carbonyl (C=O) groups excluding carboxylic acids is 2. The summed E-state index contributed by atoms with van der Waals surface area (Å²) < 4.78 is 0. The molecule has 2 saturated heterocycles. The first-order valence-electron chi connectivity index (χ1n) is 8.54. The third-order valence-corrected chi connectivity index (χ3v) is 4.54. The molecular weight excluding hydrogens is 266 g/mol. The highest BCUT2D eigenvalue weighted by atomic mass is 16.2. The van der Waals surface area contributed by atoms with Crippen molar-refractivity contribution in [3.05, 3.63) is 0 Å². The van der Waals surface area contributed by atoms with Crippen molar-refractivity contribution in [2.45, 2.75) is 57.9 Å². The first-order chi connectivity index (χ1) is 10.2. The highest BCUT2D eigenvalue weighted by Crippen LogP contribution is 2.15. The maximum atomic E-state index is 12.1. The Bertz CT molecular complexity index is 359. The van der Waals surface area contributed by atoms with E-state index in [0.29, 0.717) is 13.1 Å². The van der Waals surface area contributed by atoms with E-state index in [2.05, 4.69) is 12.2 Å². The van der Waals surface area contributed by atoms with E-state index >= 15 is 0 Å². The van der Waals surface area contributed by atoms with Crippen molar-refractivity contribution in [2.24, 2.45) is 0 Å². The molecule has 0 aromatic carbocycles. The van der Waals surface area contributed by atoms with Gasteiger partial charge in [0.25, 0.3) is 0 Å². The first kappa shape index (κ1) is 16.3. The molecule has 2 aliphatic rings. The van der Waals surface area contributed by atoms with Crippen LogP contribution < -0.4 is 5.32 Å². The van der Waals surface area contributed by atoms with Gasteiger partial charge >= 0.3 is 11.8 Å². The lowest BCUT2D eigenvalue weighted by atomic mass is 10.1. The van der Waals surface area contributed by atoms with Crippen LogP contribution in [0.15, 0.2) is 0 Å². The molecule has 0 radical (unpaired) electrons. The molecule has 0 aromatic heterocycles. The van der Waals surface area contributed by atoms with Crippen LogP contribution in [0.4, 0.5) is 0 Å². The summed E-state index contributed by atoms with van der Waals surface area (Å²) in [4.78, 5) is 27.7. The zero-order chi connectivity index (χ0) is 15.1.